The standard InChI is InChI=1S/C18H14FNO3/c1-11(18(22)23)20-10-14(12-6-3-5-9-16(12)20)17(21)13-7-2-4-8-15(13)19/h2-11H,1H3,(H,22,23)/t11-/m1/s1. The van der Waals surface area contributed by atoms with Crippen LogP contribution in [0.25, 0.3) is 10.9 Å². The van der Waals surface area contributed by atoms with Crippen molar-refractivity contribution in [3.8, 4) is 0 Å². The zero-order valence-corrected chi connectivity index (χ0v) is 12.4. The number of rotatable bonds is 4. The molecule has 0 unspecified atom stereocenters. The first kappa shape index (κ1) is 15.0. The molecule has 3 rings (SSSR count). The highest BCUT2D eigenvalue weighted by molar-refractivity contribution is 6.16. The van der Waals surface area contributed by atoms with Gasteiger partial charge >= 0.3 is 5.97 Å². The van der Waals surface area contributed by atoms with Gasteiger partial charge in [0.2, 0.25) is 0 Å². The number of hydrogen-bond acceptors (Lipinski definition) is 2. The average Bonchev–Trinajstić information content (AvgIpc) is 2.93. The van der Waals surface area contributed by atoms with E-state index >= 15 is 0 Å². The number of carbonyl (C=O) groups excluding carboxylic acids is 1. The Balaban J connectivity index is 2.21. The Labute approximate surface area is 131 Å². The lowest BCUT2D eigenvalue weighted by Crippen LogP contribution is -2.14. The fourth-order valence-corrected chi connectivity index (χ4v) is 2.62. The monoisotopic (exact) mass is 311 g/mol. The number of aliphatic carboxylic acids is 1. The van der Waals surface area contributed by atoms with Crippen LogP contribution in [0.5, 0.6) is 0 Å². The minimum Gasteiger partial charge on any atom is -0.480 e. The van der Waals surface area contributed by atoms with Crippen molar-refractivity contribution in [3.05, 3.63) is 71.7 Å². The summed E-state index contributed by atoms with van der Waals surface area (Å²) in [7, 11) is 0. The summed E-state index contributed by atoms with van der Waals surface area (Å²) >= 11 is 0. The Kier molecular flexibility index (Phi) is 3.70. The molecular weight excluding hydrogens is 297 g/mol. The molecule has 1 atom stereocenters. The van der Waals surface area contributed by atoms with E-state index < -0.39 is 23.6 Å². The summed E-state index contributed by atoms with van der Waals surface area (Å²) in [5, 5.41) is 9.84. The molecule has 0 spiro atoms. The Morgan fingerprint density at radius 2 is 1.70 bits per heavy atom. The van der Waals surface area contributed by atoms with E-state index in [1.54, 1.807) is 30.3 Å². The van der Waals surface area contributed by atoms with Crippen LogP contribution in [0.1, 0.15) is 28.9 Å². The van der Waals surface area contributed by atoms with Crippen LogP contribution >= 0.6 is 0 Å². The topological polar surface area (TPSA) is 59.3 Å². The summed E-state index contributed by atoms with van der Waals surface area (Å²) in [5.41, 5.74) is 0.888. The van der Waals surface area contributed by atoms with E-state index in [9.17, 15) is 19.1 Å². The number of carboxylic acids is 1. The van der Waals surface area contributed by atoms with Crippen molar-refractivity contribution in [2.24, 2.45) is 0 Å². The molecule has 0 aliphatic carbocycles. The van der Waals surface area contributed by atoms with Crippen LogP contribution in [0, 0.1) is 5.82 Å². The number of aromatic nitrogens is 1. The van der Waals surface area contributed by atoms with Gasteiger partial charge in [-0.25, -0.2) is 9.18 Å². The molecule has 1 N–H and O–H groups in total. The highest BCUT2D eigenvalue weighted by Gasteiger charge is 2.22. The SMILES string of the molecule is C[C@H](C(=O)O)n1cc(C(=O)c2ccccc2F)c2ccccc21. The van der Waals surface area contributed by atoms with Gasteiger partial charge in [0, 0.05) is 22.7 Å². The lowest BCUT2D eigenvalue weighted by Gasteiger charge is -2.09. The molecule has 1 heterocycles. The number of fused-ring (bicyclic) bond motifs is 1. The minimum absolute atomic E-state index is 0.0293. The molecule has 1 aromatic heterocycles. The van der Waals surface area contributed by atoms with Crippen LogP contribution in [0.15, 0.2) is 54.7 Å². The molecule has 0 saturated heterocycles. The molecule has 0 aliphatic heterocycles. The van der Waals surface area contributed by atoms with Gasteiger partial charge < -0.3 is 9.67 Å². The van der Waals surface area contributed by atoms with Crippen molar-refractivity contribution < 1.29 is 19.1 Å². The van der Waals surface area contributed by atoms with Gasteiger partial charge in [-0.05, 0) is 25.1 Å². The number of para-hydroxylation sites is 1. The van der Waals surface area contributed by atoms with Crippen molar-refractivity contribution >= 4 is 22.7 Å². The molecular formula is C18H14FNO3. The maximum atomic E-state index is 13.9. The summed E-state index contributed by atoms with van der Waals surface area (Å²) in [6.45, 7) is 1.53. The predicted octanol–water partition coefficient (Wildman–Crippen LogP) is 3.66. The zero-order chi connectivity index (χ0) is 16.6. The number of carbonyl (C=O) groups is 2. The lowest BCUT2D eigenvalue weighted by molar-refractivity contribution is -0.140. The van der Waals surface area contributed by atoms with Gasteiger partial charge in [-0.2, -0.15) is 0 Å². The molecule has 3 aromatic rings. The summed E-state index contributed by atoms with van der Waals surface area (Å²) in [6.07, 6.45) is 1.48. The van der Waals surface area contributed by atoms with Crippen LogP contribution < -0.4 is 0 Å². The second-order valence-electron chi connectivity index (χ2n) is 5.29. The van der Waals surface area contributed by atoms with E-state index in [0.717, 1.165) is 0 Å². The van der Waals surface area contributed by atoms with Crippen LogP contribution in [0.3, 0.4) is 0 Å². The van der Waals surface area contributed by atoms with E-state index in [1.807, 2.05) is 0 Å². The zero-order valence-electron chi connectivity index (χ0n) is 12.4. The highest BCUT2D eigenvalue weighted by atomic mass is 19.1. The normalized spacial score (nSPS) is 12.3. The first-order chi connectivity index (χ1) is 11.0. The minimum atomic E-state index is -1.00. The number of benzene rings is 2. The largest absolute Gasteiger partial charge is 0.480 e. The van der Waals surface area contributed by atoms with Crippen LogP contribution in [-0.2, 0) is 4.79 Å². The van der Waals surface area contributed by atoms with Gasteiger partial charge in [0.05, 0.1) is 5.56 Å². The molecule has 0 bridgehead atoms. The van der Waals surface area contributed by atoms with E-state index in [0.29, 0.717) is 16.5 Å². The van der Waals surface area contributed by atoms with Crippen molar-refractivity contribution in [3.63, 3.8) is 0 Å². The van der Waals surface area contributed by atoms with Crippen molar-refractivity contribution in [1.29, 1.82) is 0 Å². The highest BCUT2D eigenvalue weighted by Crippen LogP contribution is 2.27. The molecule has 0 fully saturated rings. The lowest BCUT2D eigenvalue weighted by atomic mass is 10.0. The van der Waals surface area contributed by atoms with Gasteiger partial charge in [-0.3, -0.25) is 4.79 Å². The third-order valence-electron chi connectivity index (χ3n) is 3.88. The summed E-state index contributed by atoms with van der Waals surface area (Å²) in [4.78, 5) is 24.0. The molecule has 4 nitrogen and oxygen atoms in total. The van der Waals surface area contributed by atoms with Gasteiger partial charge in [0.25, 0.3) is 0 Å². The van der Waals surface area contributed by atoms with Crippen molar-refractivity contribution in [2.75, 3.05) is 0 Å². The molecule has 0 saturated carbocycles. The van der Waals surface area contributed by atoms with Gasteiger partial charge in [0.1, 0.15) is 11.9 Å². The fourth-order valence-electron chi connectivity index (χ4n) is 2.62. The average molecular weight is 311 g/mol. The number of ketones is 1. The maximum absolute atomic E-state index is 13.9. The molecule has 2 aromatic carbocycles. The fraction of sp³-hybridized carbons (Fsp3) is 0.111. The molecule has 0 amide bonds. The van der Waals surface area contributed by atoms with Crippen LogP contribution in [0.4, 0.5) is 4.39 Å². The molecule has 5 heteroatoms. The second-order valence-corrected chi connectivity index (χ2v) is 5.29. The van der Waals surface area contributed by atoms with E-state index in [-0.39, 0.29) is 5.56 Å². The van der Waals surface area contributed by atoms with Gasteiger partial charge in [-0.1, -0.05) is 30.3 Å². The third kappa shape index (κ3) is 2.50. The number of halogens is 1. The maximum Gasteiger partial charge on any atom is 0.326 e. The van der Waals surface area contributed by atoms with Gasteiger partial charge in [0.15, 0.2) is 5.78 Å². The summed E-state index contributed by atoms with van der Waals surface area (Å²) in [5.74, 6) is -2.06. The third-order valence-corrected chi connectivity index (χ3v) is 3.88. The quantitative estimate of drug-likeness (QED) is 0.748. The summed E-state index contributed by atoms with van der Waals surface area (Å²) in [6, 6.07) is 11.9. The second kappa shape index (κ2) is 5.68. The molecule has 0 radical (unpaired) electrons. The Morgan fingerprint density at radius 3 is 2.39 bits per heavy atom. The van der Waals surface area contributed by atoms with Gasteiger partial charge in [-0.15, -0.1) is 0 Å². The van der Waals surface area contributed by atoms with Crippen LogP contribution in [0.2, 0.25) is 0 Å². The number of nitrogens with zero attached hydrogens (tertiary/aromatic N) is 1. The smallest absolute Gasteiger partial charge is 0.326 e. The van der Waals surface area contributed by atoms with Crippen molar-refractivity contribution in [2.45, 2.75) is 13.0 Å². The van der Waals surface area contributed by atoms with E-state index in [2.05, 4.69) is 0 Å². The molecule has 23 heavy (non-hydrogen) atoms. The first-order valence-corrected chi connectivity index (χ1v) is 7.12. The molecule has 116 valence electrons. The van der Waals surface area contributed by atoms with E-state index in [1.165, 1.54) is 35.9 Å². The van der Waals surface area contributed by atoms with E-state index in [4.69, 9.17) is 0 Å². The predicted molar refractivity (Wildman–Crippen MR) is 84.1 cm³/mol. The Bertz CT molecular complexity index is 914. The van der Waals surface area contributed by atoms with Crippen molar-refractivity contribution in [1.82, 2.24) is 4.57 Å². The first-order valence-electron chi connectivity index (χ1n) is 7.12. The Hall–Kier alpha value is -2.95. The Morgan fingerprint density at radius 1 is 1.04 bits per heavy atom. The number of carboxylic acid groups (broad SMARTS) is 1. The number of hydrogen-bond donors (Lipinski definition) is 1. The van der Waals surface area contributed by atoms with Crippen LogP contribution in [-0.4, -0.2) is 21.4 Å². The summed E-state index contributed by atoms with van der Waals surface area (Å²) < 4.78 is 15.4. The molecule has 0 aliphatic rings.